The van der Waals surface area contributed by atoms with Gasteiger partial charge < -0.3 is 10.6 Å². The summed E-state index contributed by atoms with van der Waals surface area (Å²) in [5, 5.41) is 18.4. The molecule has 8 rings (SSSR count). The Balaban J connectivity index is 1.13. The van der Waals surface area contributed by atoms with E-state index in [4.69, 9.17) is 9.61 Å². The lowest BCUT2D eigenvalue weighted by Crippen LogP contribution is -2.65. The molecule has 230 valence electrons. The van der Waals surface area contributed by atoms with Gasteiger partial charge in [-0.05, 0) is 79.0 Å². The molecular weight excluding hydrogens is 563 g/mol. The average molecular weight is 600 g/mol. The number of hydrogen-bond acceptors (Lipinski definition) is 7. The second-order valence-corrected chi connectivity index (χ2v) is 13.8. The van der Waals surface area contributed by atoms with E-state index in [1.165, 1.54) is 0 Å². The van der Waals surface area contributed by atoms with E-state index in [0.29, 0.717) is 48.6 Å². The van der Waals surface area contributed by atoms with Crippen LogP contribution in [-0.2, 0) is 4.79 Å². The van der Waals surface area contributed by atoms with Crippen LogP contribution in [0, 0.1) is 17.3 Å². The van der Waals surface area contributed by atoms with Crippen LogP contribution < -0.4 is 10.6 Å². The minimum atomic E-state index is -2.73. The predicted molar refractivity (Wildman–Crippen MR) is 147 cm³/mol. The van der Waals surface area contributed by atoms with Gasteiger partial charge in [-0.2, -0.15) is 5.10 Å². The van der Waals surface area contributed by atoms with Gasteiger partial charge in [-0.25, -0.2) is 27.3 Å². The highest BCUT2D eigenvalue weighted by Gasteiger charge is 2.69. The highest BCUT2D eigenvalue weighted by Crippen LogP contribution is 2.71. The van der Waals surface area contributed by atoms with E-state index in [-0.39, 0.29) is 60.6 Å². The number of imidazole rings is 1. The fourth-order valence-corrected chi connectivity index (χ4v) is 7.52. The summed E-state index contributed by atoms with van der Waals surface area (Å²) in [4.78, 5) is 31.1. The molecule has 5 aliphatic carbocycles. The maximum absolute atomic E-state index is 14.1. The molecule has 2 atom stereocenters. The van der Waals surface area contributed by atoms with Crippen LogP contribution >= 0.6 is 0 Å². The molecule has 5 saturated carbocycles. The van der Waals surface area contributed by atoms with Crippen molar-refractivity contribution in [3.05, 3.63) is 41.1 Å². The lowest BCUT2D eigenvalue weighted by Gasteiger charge is -2.65. The Hall–Kier alpha value is -3.51. The maximum Gasteiger partial charge on any atom is 0.276 e. The third-order valence-corrected chi connectivity index (χ3v) is 9.85. The van der Waals surface area contributed by atoms with E-state index >= 15 is 0 Å². The van der Waals surface area contributed by atoms with Crippen LogP contribution in [0.2, 0.25) is 0 Å². The molecule has 43 heavy (non-hydrogen) atoms. The van der Waals surface area contributed by atoms with Gasteiger partial charge >= 0.3 is 0 Å². The van der Waals surface area contributed by atoms with E-state index < -0.39 is 23.5 Å². The van der Waals surface area contributed by atoms with Crippen LogP contribution in [0.1, 0.15) is 123 Å². The molecule has 2 bridgehead atoms. The first-order chi connectivity index (χ1) is 20.4. The topological polar surface area (TPSA) is 127 Å². The number of rotatable bonds is 10. The van der Waals surface area contributed by atoms with Crippen molar-refractivity contribution in [1.29, 1.82) is 0 Å². The fourth-order valence-electron chi connectivity index (χ4n) is 7.52. The molecule has 0 aromatic carbocycles. The fraction of sp³-hybridized carbons (Fsp3) is 0.667. The Morgan fingerprint density at radius 2 is 1.72 bits per heavy atom. The number of nitrogens with one attached hydrogen (secondary N) is 2. The summed E-state index contributed by atoms with van der Waals surface area (Å²) >= 11 is 0. The van der Waals surface area contributed by atoms with Crippen molar-refractivity contribution >= 4 is 17.5 Å². The Kier molecular flexibility index (Phi) is 6.59. The normalized spacial score (nSPS) is 27.8. The summed E-state index contributed by atoms with van der Waals surface area (Å²) in [6.45, 7) is 3.74. The van der Waals surface area contributed by atoms with Crippen molar-refractivity contribution in [3.63, 3.8) is 0 Å². The van der Waals surface area contributed by atoms with Crippen molar-refractivity contribution in [1.82, 2.24) is 35.5 Å². The van der Waals surface area contributed by atoms with E-state index in [2.05, 4.69) is 26.0 Å². The van der Waals surface area contributed by atoms with Gasteiger partial charge in [0.15, 0.2) is 11.3 Å². The van der Waals surface area contributed by atoms with Gasteiger partial charge in [0.1, 0.15) is 11.4 Å². The lowest BCUT2D eigenvalue weighted by atomic mass is 9.41. The Labute approximate surface area is 246 Å². The van der Waals surface area contributed by atoms with Crippen LogP contribution in [0.3, 0.4) is 0 Å². The average Bonchev–Trinajstić information content (AvgIpc) is 3.47. The molecule has 10 nitrogen and oxygen atoms in total. The number of carbonyl (C=O) groups excluding carboxylic acids is 2. The Morgan fingerprint density at radius 3 is 2.37 bits per heavy atom. The molecule has 2 N–H and O–H groups in total. The predicted octanol–water partition coefficient (Wildman–Crippen LogP) is 5.38. The highest BCUT2D eigenvalue weighted by atomic mass is 19.3. The van der Waals surface area contributed by atoms with Crippen LogP contribution in [0.15, 0.2) is 23.1 Å². The summed E-state index contributed by atoms with van der Waals surface area (Å²) in [7, 11) is 0. The van der Waals surface area contributed by atoms with Crippen LogP contribution in [0.25, 0.3) is 5.65 Å². The number of nitrogens with zero attached hydrogens (tertiary/aromatic N) is 5. The molecule has 0 spiro atoms. The zero-order chi connectivity index (χ0) is 30.1. The van der Waals surface area contributed by atoms with E-state index in [1.807, 2.05) is 19.9 Å². The van der Waals surface area contributed by atoms with Gasteiger partial charge in [-0.1, -0.05) is 19.0 Å². The minimum Gasteiger partial charge on any atom is -0.349 e. The van der Waals surface area contributed by atoms with Gasteiger partial charge in [0, 0.05) is 25.2 Å². The number of alkyl halides is 3. The van der Waals surface area contributed by atoms with Crippen LogP contribution in [0.4, 0.5) is 13.2 Å². The molecule has 2 amide bonds. The minimum absolute atomic E-state index is 0.0638. The van der Waals surface area contributed by atoms with Gasteiger partial charge in [-0.15, -0.1) is 0 Å². The Morgan fingerprint density at radius 1 is 1.02 bits per heavy atom. The van der Waals surface area contributed by atoms with Crippen molar-refractivity contribution in [3.8, 4) is 0 Å². The summed E-state index contributed by atoms with van der Waals surface area (Å²) in [6.07, 6.45) is 7.10. The largest absolute Gasteiger partial charge is 0.349 e. The van der Waals surface area contributed by atoms with Crippen molar-refractivity contribution in [2.45, 2.75) is 108 Å². The van der Waals surface area contributed by atoms with Crippen molar-refractivity contribution < 1.29 is 27.4 Å². The standard InChI is InChI=1S/C30H36F3N7O3/c1-16(2)23-26(39-43-38-23)27(42)37-25(18-5-7-30(32,33)8-6-18)20-12-40-21(35-20)9-19(11-34-40)24(17-3-4-17)36-22(41)10-28-13-29(31,14-28)15-28/h9,11-12,16-18,24-25H,3-8,10,13-15H2,1-2H3,(H,36,41)(H,37,42)/t24?,25-,28?,29?/m0/s1. The first-order valence-corrected chi connectivity index (χ1v) is 15.3. The first kappa shape index (κ1) is 28.3. The van der Waals surface area contributed by atoms with E-state index in [0.717, 1.165) is 18.4 Å². The molecule has 0 radical (unpaired) electrons. The monoisotopic (exact) mass is 599 g/mol. The number of hydrogen-bond donors (Lipinski definition) is 2. The van der Waals surface area contributed by atoms with Gasteiger partial charge in [-0.3, -0.25) is 9.59 Å². The maximum atomic E-state index is 14.1. The van der Waals surface area contributed by atoms with Crippen molar-refractivity contribution in [2.24, 2.45) is 17.3 Å². The molecule has 0 saturated heterocycles. The molecule has 3 heterocycles. The third-order valence-electron chi connectivity index (χ3n) is 9.85. The quantitative estimate of drug-likeness (QED) is 0.320. The summed E-state index contributed by atoms with van der Waals surface area (Å²) in [5.41, 5.74) is 1.13. The number of fused-ring (bicyclic) bond motifs is 1. The zero-order valence-electron chi connectivity index (χ0n) is 24.3. The van der Waals surface area contributed by atoms with Crippen molar-refractivity contribution in [2.75, 3.05) is 0 Å². The van der Waals surface area contributed by atoms with Crippen LogP contribution in [0.5, 0.6) is 0 Å². The molecular formula is C30H36F3N7O3. The smallest absolute Gasteiger partial charge is 0.276 e. The van der Waals surface area contributed by atoms with Gasteiger partial charge in [0.05, 0.1) is 30.2 Å². The summed E-state index contributed by atoms with van der Waals surface area (Å²) in [5.74, 6) is -3.37. The number of halogens is 3. The second kappa shape index (κ2) is 10.0. The van der Waals surface area contributed by atoms with E-state index in [1.54, 1.807) is 16.9 Å². The second-order valence-electron chi connectivity index (χ2n) is 13.8. The van der Waals surface area contributed by atoms with Crippen LogP contribution in [-0.4, -0.2) is 48.3 Å². The number of amides is 2. The van der Waals surface area contributed by atoms with Gasteiger partial charge in [0.2, 0.25) is 11.8 Å². The molecule has 1 unspecified atom stereocenters. The molecule has 5 fully saturated rings. The lowest BCUT2D eigenvalue weighted by molar-refractivity contribution is -0.215. The molecule has 0 aliphatic heterocycles. The zero-order valence-corrected chi connectivity index (χ0v) is 24.3. The number of carbonyl (C=O) groups is 2. The third kappa shape index (κ3) is 5.39. The first-order valence-electron chi connectivity index (χ1n) is 15.3. The molecule has 3 aromatic rings. The molecule has 3 aromatic heterocycles. The SMILES string of the molecule is CC(C)c1nonc1C(=O)N[C@H](c1cn2ncc(C(NC(=O)CC34CC(F)(C3)C4)C3CC3)cc2n1)C1CCC(F)(F)CC1. The summed E-state index contributed by atoms with van der Waals surface area (Å²) in [6, 6.07) is 1.00. The van der Waals surface area contributed by atoms with Gasteiger partial charge in [0.25, 0.3) is 5.91 Å². The molecule has 13 heteroatoms. The highest BCUT2D eigenvalue weighted by molar-refractivity contribution is 5.93. The Bertz CT molecular complexity index is 1540. The number of aromatic nitrogens is 5. The van der Waals surface area contributed by atoms with E-state index in [9.17, 15) is 22.8 Å². The summed E-state index contributed by atoms with van der Waals surface area (Å²) < 4.78 is 48.5. The molecule has 5 aliphatic rings.